The van der Waals surface area contributed by atoms with Crippen molar-refractivity contribution in [2.45, 2.75) is 48.5 Å². The predicted molar refractivity (Wildman–Crippen MR) is 116 cm³/mol. The van der Waals surface area contributed by atoms with Gasteiger partial charge in [0.15, 0.2) is 0 Å². The molecule has 0 bridgehead atoms. The lowest BCUT2D eigenvalue weighted by molar-refractivity contribution is 0.281. The van der Waals surface area contributed by atoms with Crippen molar-refractivity contribution in [2.24, 2.45) is 0 Å². The fourth-order valence-electron chi connectivity index (χ4n) is 4.36. The van der Waals surface area contributed by atoms with E-state index >= 15 is 0 Å². The van der Waals surface area contributed by atoms with E-state index in [0.717, 1.165) is 46.9 Å². The summed E-state index contributed by atoms with van der Waals surface area (Å²) in [5, 5.41) is 10.3. The average molecular weight is 425 g/mol. The van der Waals surface area contributed by atoms with Crippen LogP contribution in [0.5, 0.6) is 0 Å². The number of aliphatic hydroxyl groups excluding tert-OH is 1. The standard InChI is InChI=1S/C23H21ClN2O2S/c24-18-6-3-15(4-7-18)21-11-20-22(29-21)23(28)26(13-25-20)19-8-5-16-9-14(12-27)1-2-17(16)10-19/h1-4,6-7,9,13,19,21,27H,5,8,10-12H2/t19-,21?/m0/s1. The van der Waals surface area contributed by atoms with E-state index in [4.69, 9.17) is 11.6 Å². The Hall–Kier alpha value is -2.08. The largest absolute Gasteiger partial charge is 0.392 e. The van der Waals surface area contributed by atoms with Gasteiger partial charge in [-0.25, -0.2) is 4.98 Å². The van der Waals surface area contributed by atoms with E-state index in [1.807, 2.05) is 34.9 Å². The summed E-state index contributed by atoms with van der Waals surface area (Å²) in [5.74, 6) is 0. The topological polar surface area (TPSA) is 55.1 Å². The number of benzene rings is 2. The molecule has 1 unspecified atom stereocenters. The first-order valence-corrected chi connectivity index (χ1v) is 11.1. The number of hydrogen-bond donors (Lipinski definition) is 1. The molecule has 0 saturated heterocycles. The van der Waals surface area contributed by atoms with E-state index in [0.29, 0.717) is 0 Å². The lowest BCUT2D eigenvalue weighted by atomic mass is 9.87. The Kier molecular flexibility index (Phi) is 4.98. The van der Waals surface area contributed by atoms with Crippen molar-refractivity contribution in [3.63, 3.8) is 0 Å². The van der Waals surface area contributed by atoms with Crippen LogP contribution in [-0.4, -0.2) is 14.7 Å². The molecule has 3 aromatic rings. The molecule has 0 fully saturated rings. The summed E-state index contributed by atoms with van der Waals surface area (Å²) in [6, 6.07) is 14.1. The van der Waals surface area contributed by atoms with Gasteiger partial charge in [0.1, 0.15) is 0 Å². The molecule has 0 radical (unpaired) electrons. The number of aliphatic hydroxyl groups is 1. The number of rotatable bonds is 3. The van der Waals surface area contributed by atoms with Crippen LogP contribution in [0.3, 0.4) is 0 Å². The van der Waals surface area contributed by atoms with Crippen LogP contribution in [0, 0.1) is 0 Å². The first-order valence-electron chi connectivity index (χ1n) is 9.86. The minimum atomic E-state index is 0.0664. The summed E-state index contributed by atoms with van der Waals surface area (Å²) in [6.07, 6.45) is 5.16. The Bertz CT molecular complexity index is 1130. The van der Waals surface area contributed by atoms with Crippen LogP contribution in [-0.2, 0) is 25.9 Å². The van der Waals surface area contributed by atoms with Gasteiger partial charge in [0.25, 0.3) is 5.56 Å². The lowest BCUT2D eigenvalue weighted by Crippen LogP contribution is -2.30. The number of aromatic nitrogens is 2. The zero-order chi connectivity index (χ0) is 20.0. The van der Waals surface area contributed by atoms with Gasteiger partial charge in [-0.3, -0.25) is 9.36 Å². The maximum absolute atomic E-state index is 13.3. The van der Waals surface area contributed by atoms with Gasteiger partial charge in [0.2, 0.25) is 0 Å². The Morgan fingerprint density at radius 3 is 2.76 bits per heavy atom. The fraction of sp³-hybridized carbons (Fsp3) is 0.304. The molecule has 2 atom stereocenters. The van der Waals surface area contributed by atoms with Crippen LogP contribution in [0.15, 0.2) is 58.5 Å². The Morgan fingerprint density at radius 2 is 1.97 bits per heavy atom. The van der Waals surface area contributed by atoms with Gasteiger partial charge in [-0.05, 0) is 53.6 Å². The molecule has 6 heteroatoms. The van der Waals surface area contributed by atoms with Crippen LogP contribution in [0.25, 0.3) is 0 Å². The highest BCUT2D eigenvalue weighted by Gasteiger charge is 2.30. The van der Waals surface area contributed by atoms with E-state index in [2.05, 4.69) is 17.1 Å². The van der Waals surface area contributed by atoms with Gasteiger partial charge in [-0.1, -0.05) is 41.9 Å². The fourth-order valence-corrected chi connectivity index (χ4v) is 5.78. The first kappa shape index (κ1) is 18.9. The van der Waals surface area contributed by atoms with E-state index < -0.39 is 0 Å². The van der Waals surface area contributed by atoms with Crippen LogP contribution in [0.2, 0.25) is 5.02 Å². The molecule has 148 valence electrons. The molecule has 5 rings (SSSR count). The summed E-state index contributed by atoms with van der Waals surface area (Å²) in [4.78, 5) is 18.7. The summed E-state index contributed by atoms with van der Waals surface area (Å²) in [7, 11) is 0. The second-order valence-corrected chi connectivity index (χ2v) is 9.40. The number of halogens is 1. The van der Waals surface area contributed by atoms with Crippen molar-refractivity contribution in [2.75, 3.05) is 0 Å². The molecule has 2 aliphatic rings. The highest BCUT2D eigenvalue weighted by atomic mass is 35.5. The highest BCUT2D eigenvalue weighted by molar-refractivity contribution is 7.99. The Morgan fingerprint density at radius 1 is 1.14 bits per heavy atom. The van der Waals surface area contributed by atoms with E-state index in [-0.39, 0.29) is 23.5 Å². The quantitative estimate of drug-likeness (QED) is 0.672. The van der Waals surface area contributed by atoms with Crippen LogP contribution in [0.4, 0.5) is 0 Å². The van der Waals surface area contributed by atoms with Gasteiger partial charge < -0.3 is 5.11 Å². The second kappa shape index (κ2) is 7.63. The van der Waals surface area contributed by atoms with Gasteiger partial charge in [-0.2, -0.15) is 0 Å². The van der Waals surface area contributed by atoms with Gasteiger partial charge in [0.05, 0.1) is 23.5 Å². The summed E-state index contributed by atoms with van der Waals surface area (Å²) < 4.78 is 1.83. The van der Waals surface area contributed by atoms with Crippen LogP contribution < -0.4 is 5.56 Å². The minimum absolute atomic E-state index is 0.0664. The lowest BCUT2D eigenvalue weighted by Gasteiger charge is -2.26. The van der Waals surface area contributed by atoms with E-state index in [1.165, 1.54) is 16.7 Å². The minimum Gasteiger partial charge on any atom is -0.392 e. The second-order valence-electron chi connectivity index (χ2n) is 7.75. The van der Waals surface area contributed by atoms with Crippen molar-refractivity contribution in [1.82, 2.24) is 9.55 Å². The smallest absolute Gasteiger partial charge is 0.267 e. The normalized spacial score (nSPS) is 20.3. The number of hydrogen-bond acceptors (Lipinski definition) is 4. The molecule has 1 aliphatic carbocycles. The maximum Gasteiger partial charge on any atom is 0.267 e. The van der Waals surface area contributed by atoms with Gasteiger partial charge in [-0.15, -0.1) is 11.8 Å². The van der Waals surface area contributed by atoms with Crippen molar-refractivity contribution >= 4 is 23.4 Å². The molecule has 1 N–H and O–H groups in total. The molecule has 4 nitrogen and oxygen atoms in total. The van der Waals surface area contributed by atoms with Crippen molar-refractivity contribution in [3.8, 4) is 0 Å². The summed E-state index contributed by atoms with van der Waals surface area (Å²) in [6.45, 7) is 0.0664. The van der Waals surface area contributed by atoms with Crippen molar-refractivity contribution < 1.29 is 5.11 Å². The van der Waals surface area contributed by atoms with Gasteiger partial charge in [0, 0.05) is 22.7 Å². The molecule has 0 saturated carbocycles. The highest BCUT2D eigenvalue weighted by Crippen LogP contribution is 2.44. The number of nitrogens with zero attached hydrogens (tertiary/aromatic N) is 2. The first-order chi connectivity index (χ1) is 14.1. The molecule has 29 heavy (non-hydrogen) atoms. The third-order valence-corrected chi connectivity index (χ3v) is 7.58. The molecule has 2 aromatic carbocycles. The zero-order valence-electron chi connectivity index (χ0n) is 15.8. The average Bonchev–Trinajstić information content (AvgIpc) is 3.19. The monoisotopic (exact) mass is 424 g/mol. The predicted octanol–water partition coefficient (Wildman–Crippen LogP) is 4.51. The Labute approximate surface area is 178 Å². The van der Waals surface area contributed by atoms with Crippen molar-refractivity contribution in [3.05, 3.63) is 92.1 Å². The van der Waals surface area contributed by atoms with Crippen LogP contribution in [0.1, 0.15) is 45.7 Å². The molecule has 1 aromatic heterocycles. The number of fused-ring (bicyclic) bond motifs is 2. The zero-order valence-corrected chi connectivity index (χ0v) is 17.4. The molecule has 2 heterocycles. The van der Waals surface area contributed by atoms with E-state index in [1.54, 1.807) is 18.1 Å². The van der Waals surface area contributed by atoms with Gasteiger partial charge >= 0.3 is 0 Å². The molecule has 0 spiro atoms. The van der Waals surface area contributed by atoms with E-state index in [9.17, 15) is 9.90 Å². The third kappa shape index (κ3) is 3.52. The number of thioether (sulfide) groups is 1. The molecular weight excluding hydrogens is 404 g/mol. The summed E-state index contributed by atoms with van der Waals surface area (Å²) >= 11 is 7.63. The van der Waals surface area contributed by atoms with Crippen LogP contribution >= 0.6 is 23.4 Å². The summed E-state index contributed by atoms with van der Waals surface area (Å²) in [5.41, 5.74) is 5.65. The number of aryl methyl sites for hydroxylation is 1. The molecule has 0 amide bonds. The third-order valence-electron chi connectivity index (χ3n) is 5.96. The Balaban J connectivity index is 1.41. The SMILES string of the molecule is O=c1c2c(ncn1[C@H]1CCc3cc(CO)ccc3C1)CC(c1ccc(Cl)cc1)S2. The maximum atomic E-state index is 13.3. The van der Waals surface area contributed by atoms with Crippen molar-refractivity contribution in [1.29, 1.82) is 0 Å². The molecular formula is C23H21ClN2O2S. The molecule has 1 aliphatic heterocycles.